The minimum atomic E-state index is 0.0449. The number of hydrogen-bond donors (Lipinski definition) is 1. The maximum atomic E-state index is 13.4. The topological polar surface area (TPSA) is 52.7 Å². The molecule has 142 valence electrons. The SMILES string of the molecule is Cc1cc(NC(=O)C2CC2)sc1C(=O)N1CCN(C)CC1c1ccccc1. The molecular weight excluding hydrogens is 358 g/mol. The number of piperazine rings is 1. The zero-order valence-corrected chi connectivity index (χ0v) is 16.6. The number of benzene rings is 1. The Morgan fingerprint density at radius 2 is 1.89 bits per heavy atom. The lowest BCUT2D eigenvalue weighted by atomic mass is 10.0. The van der Waals surface area contributed by atoms with E-state index in [9.17, 15) is 9.59 Å². The Labute approximate surface area is 164 Å². The van der Waals surface area contributed by atoms with Crippen molar-refractivity contribution < 1.29 is 9.59 Å². The van der Waals surface area contributed by atoms with Crippen molar-refractivity contribution in [3.63, 3.8) is 0 Å². The molecule has 1 saturated heterocycles. The fourth-order valence-electron chi connectivity index (χ4n) is 3.58. The first-order chi connectivity index (χ1) is 13.0. The third kappa shape index (κ3) is 3.92. The van der Waals surface area contributed by atoms with E-state index in [0.717, 1.165) is 46.9 Å². The van der Waals surface area contributed by atoms with Crippen LogP contribution in [0.3, 0.4) is 0 Å². The highest BCUT2D eigenvalue weighted by Gasteiger charge is 2.33. The van der Waals surface area contributed by atoms with Crippen LogP contribution in [0.15, 0.2) is 36.4 Å². The third-order valence-electron chi connectivity index (χ3n) is 5.34. The molecule has 2 aromatic rings. The summed E-state index contributed by atoms with van der Waals surface area (Å²) in [7, 11) is 2.10. The Morgan fingerprint density at radius 3 is 2.59 bits per heavy atom. The lowest BCUT2D eigenvalue weighted by Crippen LogP contribution is -2.49. The fraction of sp³-hybridized carbons (Fsp3) is 0.429. The Morgan fingerprint density at radius 1 is 1.15 bits per heavy atom. The molecule has 27 heavy (non-hydrogen) atoms. The van der Waals surface area contributed by atoms with Gasteiger partial charge in [0.15, 0.2) is 0 Å². The predicted molar refractivity (Wildman–Crippen MR) is 108 cm³/mol. The van der Waals surface area contributed by atoms with Gasteiger partial charge in [0.05, 0.1) is 15.9 Å². The van der Waals surface area contributed by atoms with Crippen molar-refractivity contribution in [2.45, 2.75) is 25.8 Å². The van der Waals surface area contributed by atoms with E-state index in [1.54, 1.807) is 0 Å². The van der Waals surface area contributed by atoms with E-state index >= 15 is 0 Å². The van der Waals surface area contributed by atoms with Gasteiger partial charge in [0.2, 0.25) is 5.91 Å². The first-order valence-electron chi connectivity index (χ1n) is 9.48. The molecule has 1 atom stereocenters. The Bertz CT molecular complexity index is 844. The molecule has 1 N–H and O–H groups in total. The summed E-state index contributed by atoms with van der Waals surface area (Å²) >= 11 is 1.40. The van der Waals surface area contributed by atoms with Gasteiger partial charge in [-0.05, 0) is 44.0 Å². The lowest BCUT2D eigenvalue weighted by Gasteiger charge is -2.40. The molecule has 1 saturated carbocycles. The van der Waals surface area contributed by atoms with E-state index in [0.29, 0.717) is 6.54 Å². The summed E-state index contributed by atoms with van der Waals surface area (Å²) in [5.74, 6) is 0.301. The van der Waals surface area contributed by atoms with Crippen LogP contribution in [0, 0.1) is 12.8 Å². The van der Waals surface area contributed by atoms with Gasteiger partial charge >= 0.3 is 0 Å². The zero-order valence-electron chi connectivity index (χ0n) is 15.8. The molecule has 2 aliphatic rings. The molecule has 6 heteroatoms. The second-order valence-corrected chi connectivity index (χ2v) is 8.63. The predicted octanol–water partition coefficient (Wildman–Crippen LogP) is 3.53. The van der Waals surface area contributed by atoms with E-state index in [2.05, 4.69) is 29.4 Å². The normalized spacial score (nSPS) is 20.5. The molecule has 2 heterocycles. The minimum Gasteiger partial charge on any atom is -0.328 e. The van der Waals surface area contributed by atoms with Crippen LogP contribution in [0.4, 0.5) is 5.00 Å². The largest absolute Gasteiger partial charge is 0.328 e. The maximum absolute atomic E-state index is 13.4. The summed E-state index contributed by atoms with van der Waals surface area (Å²) in [5, 5.41) is 3.75. The summed E-state index contributed by atoms with van der Waals surface area (Å²) in [4.78, 5) is 30.4. The van der Waals surface area contributed by atoms with Crippen molar-refractivity contribution in [2.24, 2.45) is 5.92 Å². The summed E-state index contributed by atoms with van der Waals surface area (Å²) < 4.78 is 0. The number of anilines is 1. The molecule has 2 amide bonds. The number of thiophene rings is 1. The molecule has 4 rings (SSSR count). The number of nitrogens with zero attached hydrogens (tertiary/aromatic N) is 2. The van der Waals surface area contributed by atoms with Crippen LogP contribution in [-0.4, -0.2) is 48.3 Å². The Balaban J connectivity index is 1.56. The molecular formula is C21H25N3O2S. The number of amides is 2. The number of carbonyl (C=O) groups is 2. The van der Waals surface area contributed by atoms with Gasteiger partial charge in [-0.1, -0.05) is 30.3 Å². The standard InChI is InChI=1S/C21H25N3O2S/c1-14-12-18(22-20(25)16-8-9-16)27-19(14)21(26)24-11-10-23(2)13-17(24)15-6-4-3-5-7-15/h3-7,12,16-17H,8-11,13H2,1-2H3,(H,22,25). The third-order valence-corrected chi connectivity index (χ3v) is 6.48. The van der Waals surface area contributed by atoms with Gasteiger partial charge < -0.3 is 15.1 Å². The molecule has 1 unspecified atom stereocenters. The van der Waals surface area contributed by atoms with Crippen molar-refractivity contribution in [3.8, 4) is 0 Å². The van der Waals surface area contributed by atoms with Crippen molar-refractivity contribution in [1.82, 2.24) is 9.80 Å². The second-order valence-electron chi connectivity index (χ2n) is 7.57. The summed E-state index contributed by atoms with van der Waals surface area (Å²) in [6.07, 6.45) is 1.95. The van der Waals surface area contributed by atoms with Gasteiger partial charge in [-0.3, -0.25) is 9.59 Å². The molecule has 0 radical (unpaired) electrons. The molecule has 0 spiro atoms. The first-order valence-corrected chi connectivity index (χ1v) is 10.3. The average Bonchev–Trinajstić information content (AvgIpc) is 3.46. The van der Waals surface area contributed by atoms with E-state index in [1.165, 1.54) is 11.3 Å². The quantitative estimate of drug-likeness (QED) is 0.879. The first kappa shape index (κ1) is 18.2. The fourth-order valence-corrected chi connectivity index (χ4v) is 4.61. The molecule has 1 aromatic heterocycles. The van der Waals surface area contributed by atoms with Gasteiger partial charge in [-0.15, -0.1) is 11.3 Å². The number of carbonyl (C=O) groups excluding carboxylic acids is 2. The van der Waals surface area contributed by atoms with Crippen molar-refractivity contribution in [1.29, 1.82) is 0 Å². The van der Waals surface area contributed by atoms with Crippen LogP contribution in [0.1, 0.15) is 39.7 Å². The molecule has 1 aromatic carbocycles. The van der Waals surface area contributed by atoms with Gasteiger partial charge in [0, 0.05) is 25.6 Å². The maximum Gasteiger partial charge on any atom is 0.264 e. The molecule has 5 nitrogen and oxygen atoms in total. The van der Waals surface area contributed by atoms with Crippen LogP contribution < -0.4 is 5.32 Å². The van der Waals surface area contributed by atoms with Crippen molar-refractivity contribution >= 4 is 28.2 Å². The minimum absolute atomic E-state index is 0.0449. The van der Waals surface area contributed by atoms with Crippen LogP contribution in [0.25, 0.3) is 0 Å². The van der Waals surface area contributed by atoms with E-state index < -0.39 is 0 Å². The summed E-state index contributed by atoms with van der Waals surface area (Å²) in [5.41, 5.74) is 2.09. The number of nitrogens with one attached hydrogen (secondary N) is 1. The summed E-state index contributed by atoms with van der Waals surface area (Å²) in [6, 6.07) is 12.2. The molecule has 2 fully saturated rings. The lowest BCUT2D eigenvalue weighted by molar-refractivity contribution is -0.117. The number of hydrogen-bond acceptors (Lipinski definition) is 4. The van der Waals surface area contributed by atoms with E-state index in [1.807, 2.05) is 36.1 Å². The Kier molecular flexibility index (Phi) is 5.02. The van der Waals surface area contributed by atoms with Crippen LogP contribution in [0.5, 0.6) is 0 Å². The molecule has 1 aliphatic carbocycles. The average molecular weight is 384 g/mol. The van der Waals surface area contributed by atoms with Crippen LogP contribution in [-0.2, 0) is 4.79 Å². The van der Waals surface area contributed by atoms with Crippen LogP contribution in [0.2, 0.25) is 0 Å². The zero-order chi connectivity index (χ0) is 19.0. The van der Waals surface area contributed by atoms with E-state index in [-0.39, 0.29) is 23.8 Å². The Hall–Kier alpha value is -2.18. The highest BCUT2D eigenvalue weighted by molar-refractivity contribution is 7.18. The highest BCUT2D eigenvalue weighted by Crippen LogP contribution is 2.34. The van der Waals surface area contributed by atoms with Gasteiger partial charge in [0.1, 0.15) is 0 Å². The van der Waals surface area contributed by atoms with Gasteiger partial charge in [-0.2, -0.15) is 0 Å². The van der Waals surface area contributed by atoms with Crippen LogP contribution >= 0.6 is 11.3 Å². The monoisotopic (exact) mass is 383 g/mol. The highest BCUT2D eigenvalue weighted by atomic mass is 32.1. The molecule has 0 bridgehead atoms. The number of aryl methyl sites for hydroxylation is 1. The smallest absolute Gasteiger partial charge is 0.264 e. The van der Waals surface area contributed by atoms with Crippen molar-refractivity contribution in [2.75, 3.05) is 32.0 Å². The number of rotatable bonds is 4. The molecule has 1 aliphatic heterocycles. The second kappa shape index (κ2) is 7.44. The van der Waals surface area contributed by atoms with Gasteiger partial charge in [0.25, 0.3) is 5.91 Å². The number of likely N-dealkylation sites (N-methyl/N-ethyl adjacent to an activating group) is 1. The summed E-state index contributed by atoms with van der Waals surface area (Å²) in [6.45, 7) is 4.34. The van der Waals surface area contributed by atoms with E-state index in [4.69, 9.17) is 0 Å². The van der Waals surface area contributed by atoms with Gasteiger partial charge in [-0.25, -0.2) is 0 Å². The van der Waals surface area contributed by atoms with Crippen molar-refractivity contribution in [3.05, 3.63) is 52.4 Å².